The molecule has 98 valence electrons. The van der Waals surface area contributed by atoms with Crippen LogP contribution in [-0.2, 0) is 4.79 Å². The predicted molar refractivity (Wildman–Crippen MR) is 73.6 cm³/mol. The lowest BCUT2D eigenvalue weighted by atomic mass is 10.00. The number of carbonyl (C=O) groups is 1. The number of hydrogen-bond acceptors (Lipinski definition) is 2. The van der Waals surface area contributed by atoms with Crippen molar-refractivity contribution >= 4 is 17.5 Å². The molecule has 0 aromatic heterocycles. The molecule has 18 heavy (non-hydrogen) atoms. The molecule has 0 saturated carbocycles. The quantitative estimate of drug-likeness (QED) is 0.883. The van der Waals surface area contributed by atoms with Gasteiger partial charge in [0.2, 0.25) is 5.91 Å². The Kier molecular flexibility index (Phi) is 4.25. The van der Waals surface area contributed by atoms with Crippen LogP contribution >= 0.6 is 11.6 Å². The van der Waals surface area contributed by atoms with E-state index in [0.717, 1.165) is 18.5 Å². The minimum Gasteiger partial charge on any atom is -0.349 e. The van der Waals surface area contributed by atoms with E-state index in [1.807, 2.05) is 31.2 Å². The second-order valence-electron chi connectivity index (χ2n) is 4.92. The molecule has 3 nitrogen and oxygen atoms in total. The Bertz CT molecular complexity index is 418. The van der Waals surface area contributed by atoms with Crippen molar-refractivity contribution in [3.63, 3.8) is 0 Å². The van der Waals surface area contributed by atoms with Crippen LogP contribution in [0.5, 0.6) is 0 Å². The third-order valence-corrected chi connectivity index (χ3v) is 3.84. The summed E-state index contributed by atoms with van der Waals surface area (Å²) in [5.74, 6) is 0.217. The molecule has 1 aromatic rings. The van der Waals surface area contributed by atoms with E-state index in [0.29, 0.717) is 5.02 Å². The zero-order valence-electron chi connectivity index (χ0n) is 10.7. The number of rotatable bonds is 3. The van der Waals surface area contributed by atoms with E-state index >= 15 is 0 Å². The van der Waals surface area contributed by atoms with Crippen molar-refractivity contribution in [2.24, 2.45) is 5.92 Å². The van der Waals surface area contributed by atoms with E-state index in [2.05, 4.69) is 17.6 Å². The SMILES string of the molecule is CC1NCCC1C(=O)N[C@@H](C)c1ccc(Cl)cc1. The van der Waals surface area contributed by atoms with E-state index in [1.54, 1.807) is 0 Å². The maximum atomic E-state index is 12.1. The van der Waals surface area contributed by atoms with Gasteiger partial charge in [0, 0.05) is 11.1 Å². The fraction of sp³-hybridized carbons (Fsp3) is 0.500. The zero-order chi connectivity index (χ0) is 13.1. The van der Waals surface area contributed by atoms with E-state index < -0.39 is 0 Å². The van der Waals surface area contributed by atoms with Gasteiger partial charge < -0.3 is 10.6 Å². The first-order valence-electron chi connectivity index (χ1n) is 6.37. The van der Waals surface area contributed by atoms with Crippen molar-refractivity contribution in [2.75, 3.05) is 6.54 Å². The number of halogens is 1. The van der Waals surface area contributed by atoms with Crippen LogP contribution in [0.15, 0.2) is 24.3 Å². The summed E-state index contributed by atoms with van der Waals surface area (Å²) in [6, 6.07) is 7.87. The lowest BCUT2D eigenvalue weighted by molar-refractivity contribution is -0.125. The van der Waals surface area contributed by atoms with Crippen molar-refractivity contribution in [1.82, 2.24) is 10.6 Å². The molecule has 0 spiro atoms. The van der Waals surface area contributed by atoms with Gasteiger partial charge in [-0.25, -0.2) is 0 Å². The minimum absolute atomic E-state index is 0.0163. The first-order chi connectivity index (χ1) is 8.58. The van der Waals surface area contributed by atoms with Crippen LogP contribution in [0, 0.1) is 5.92 Å². The van der Waals surface area contributed by atoms with Crippen LogP contribution in [-0.4, -0.2) is 18.5 Å². The summed E-state index contributed by atoms with van der Waals surface area (Å²) in [5, 5.41) is 7.07. The van der Waals surface area contributed by atoms with E-state index in [1.165, 1.54) is 0 Å². The van der Waals surface area contributed by atoms with Crippen molar-refractivity contribution in [2.45, 2.75) is 32.4 Å². The first-order valence-corrected chi connectivity index (χ1v) is 6.75. The maximum absolute atomic E-state index is 12.1. The Balaban J connectivity index is 1.96. The summed E-state index contributed by atoms with van der Waals surface area (Å²) >= 11 is 5.85. The van der Waals surface area contributed by atoms with Gasteiger partial charge in [-0.2, -0.15) is 0 Å². The molecule has 0 radical (unpaired) electrons. The first kappa shape index (κ1) is 13.4. The minimum atomic E-state index is 0.0163. The van der Waals surface area contributed by atoms with Gasteiger partial charge in [-0.05, 0) is 44.5 Å². The highest BCUT2D eigenvalue weighted by atomic mass is 35.5. The normalized spacial score (nSPS) is 24.8. The Morgan fingerprint density at radius 2 is 2.11 bits per heavy atom. The number of nitrogens with one attached hydrogen (secondary N) is 2. The van der Waals surface area contributed by atoms with Crippen LogP contribution in [0.2, 0.25) is 5.02 Å². The van der Waals surface area contributed by atoms with Crippen molar-refractivity contribution in [1.29, 1.82) is 0 Å². The molecule has 1 saturated heterocycles. The Morgan fingerprint density at radius 3 is 2.67 bits per heavy atom. The van der Waals surface area contributed by atoms with Gasteiger partial charge in [-0.15, -0.1) is 0 Å². The van der Waals surface area contributed by atoms with Gasteiger partial charge >= 0.3 is 0 Å². The molecule has 1 aliphatic rings. The molecule has 1 fully saturated rings. The molecule has 1 amide bonds. The zero-order valence-corrected chi connectivity index (χ0v) is 11.5. The average molecular weight is 267 g/mol. The van der Waals surface area contributed by atoms with E-state index in [9.17, 15) is 4.79 Å². The van der Waals surface area contributed by atoms with Crippen molar-refractivity contribution in [3.05, 3.63) is 34.9 Å². The lowest BCUT2D eigenvalue weighted by Crippen LogP contribution is -2.37. The Morgan fingerprint density at radius 1 is 1.44 bits per heavy atom. The Hall–Kier alpha value is -1.06. The summed E-state index contributed by atoms with van der Waals surface area (Å²) in [4.78, 5) is 12.1. The van der Waals surface area contributed by atoms with Crippen LogP contribution in [0.4, 0.5) is 0 Å². The summed E-state index contributed by atoms with van der Waals surface area (Å²) in [5.41, 5.74) is 1.08. The Labute approximate surface area is 113 Å². The third kappa shape index (κ3) is 3.03. The van der Waals surface area contributed by atoms with E-state index in [-0.39, 0.29) is 23.9 Å². The second kappa shape index (κ2) is 5.72. The summed E-state index contributed by atoms with van der Waals surface area (Å²) < 4.78 is 0. The fourth-order valence-corrected chi connectivity index (χ4v) is 2.50. The molecule has 3 atom stereocenters. The third-order valence-electron chi connectivity index (χ3n) is 3.59. The van der Waals surface area contributed by atoms with Crippen LogP contribution in [0.3, 0.4) is 0 Å². The molecular weight excluding hydrogens is 248 g/mol. The monoisotopic (exact) mass is 266 g/mol. The van der Waals surface area contributed by atoms with Crippen LogP contribution in [0.25, 0.3) is 0 Å². The molecule has 0 bridgehead atoms. The molecule has 1 aromatic carbocycles. The van der Waals surface area contributed by atoms with Gasteiger partial charge in [-0.1, -0.05) is 23.7 Å². The highest BCUT2D eigenvalue weighted by Gasteiger charge is 2.29. The van der Waals surface area contributed by atoms with Gasteiger partial charge in [0.15, 0.2) is 0 Å². The fourth-order valence-electron chi connectivity index (χ4n) is 2.37. The molecule has 2 rings (SSSR count). The lowest BCUT2D eigenvalue weighted by Gasteiger charge is -2.19. The van der Waals surface area contributed by atoms with Crippen LogP contribution < -0.4 is 10.6 Å². The standard InChI is InChI=1S/C14H19ClN2O/c1-9(11-3-5-12(15)6-4-11)17-14(18)13-7-8-16-10(13)2/h3-6,9-10,13,16H,7-8H2,1-2H3,(H,17,18)/t9-,10?,13?/m0/s1. The highest BCUT2D eigenvalue weighted by Crippen LogP contribution is 2.19. The maximum Gasteiger partial charge on any atom is 0.225 e. The topological polar surface area (TPSA) is 41.1 Å². The predicted octanol–water partition coefficient (Wildman–Crippen LogP) is 2.52. The molecule has 2 unspecified atom stereocenters. The van der Waals surface area contributed by atoms with Gasteiger partial charge in [0.1, 0.15) is 0 Å². The molecule has 1 aliphatic heterocycles. The summed E-state index contributed by atoms with van der Waals surface area (Å²) in [7, 11) is 0. The molecule has 4 heteroatoms. The molecule has 2 N–H and O–H groups in total. The summed E-state index contributed by atoms with van der Waals surface area (Å²) in [6.45, 7) is 4.98. The van der Waals surface area contributed by atoms with Crippen molar-refractivity contribution in [3.8, 4) is 0 Å². The summed E-state index contributed by atoms with van der Waals surface area (Å²) in [6.07, 6.45) is 0.917. The van der Waals surface area contributed by atoms with Crippen molar-refractivity contribution < 1.29 is 4.79 Å². The highest BCUT2D eigenvalue weighted by molar-refractivity contribution is 6.30. The largest absolute Gasteiger partial charge is 0.349 e. The van der Waals surface area contributed by atoms with Crippen LogP contribution in [0.1, 0.15) is 31.9 Å². The average Bonchev–Trinajstić information content (AvgIpc) is 2.76. The number of benzene rings is 1. The smallest absolute Gasteiger partial charge is 0.225 e. The molecule has 1 heterocycles. The molecular formula is C14H19ClN2O. The van der Waals surface area contributed by atoms with Gasteiger partial charge in [0.05, 0.1) is 12.0 Å². The number of carbonyl (C=O) groups excluding carboxylic acids is 1. The van der Waals surface area contributed by atoms with Gasteiger partial charge in [0.25, 0.3) is 0 Å². The van der Waals surface area contributed by atoms with Gasteiger partial charge in [-0.3, -0.25) is 4.79 Å². The second-order valence-corrected chi connectivity index (χ2v) is 5.36. The van der Waals surface area contributed by atoms with E-state index in [4.69, 9.17) is 11.6 Å². The molecule has 0 aliphatic carbocycles. The number of amides is 1. The number of hydrogen-bond donors (Lipinski definition) is 2.